The SMILES string of the molecule is COc1nccc(-c2ccccc2NC(=O)C(C)(C)C)c1C(=O)N(C(C)C)C(C)C. The average Bonchev–Trinajstić information content (AvgIpc) is 2.66. The third-order valence-electron chi connectivity index (χ3n) is 4.82. The fraction of sp³-hybridized carbons (Fsp3) is 0.458. The molecule has 1 aromatic carbocycles. The molecule has 2 amide bonds. The van der Waals surface area contributed by atoms with E-state index < -0.39 is 5.41 Å². The number of benzene rings is 1. The summed E-state index contributed by atoms with van der Waals surface area (Å²) >= 11 is 0. The van der Waals surface area contributed by atoms with E-state index in [1.165, 1.54) is 7.11 Å². The summed E-state index contributed by atoms with van der Waals surface area (Å²) in [5.74, 6) is 0.00693. The summed E-state index contributed by atoms with van der Waals surface area (Å²) < 4.78 is 5.47. The van der Waals surface area contributed by atoms with Gasteiger partial charge in [-0.05, 0) is 39.8 Å². The first-order chi connectivity index (χ1) is 14.0. The average molecular weight is 412 g/mol. The molecule has 162 valence electrons. The van der Waals surface area contributed by atoms with Crippen LogP contribution in [0.25, 0.3) is 11.1 Å². The number of carbonyl (C=O) groups excluding carboxylic acids is 2. The lowest BCUT2D eigenvalue weighted by molar-refractivity contribution is -0.123. The third kappa shape index (κ3) is 4.99. The number of hydrogen-bond donors (Lipinski definition) is 1. The van der Waals surface area contributed by atoms with Gasteiger partial charge in [0, 0.05) is 40.5 Å². The summed E-state index contributed by atoms with van der Waals surface area (Å²) in [6.07, 6.45) is 1.61. The van der Waals surface area contributed by atoms with E-state index in [1.807, 2.05) is 72.7 Å². The second kappa shape index (κ2) is 9.28. The van der Waals surface area contributed by atoms with Crippen molar-refractivity contribution in [1.29, 1.82) is 0 Å². The highest BCUT2D eigenvalue weighted by molar-refractivity contribution is 6.06. The minimum absolute atomic E-state index is 0.00565. The first-order valence-corrected chi connectivity index (χ1v) is 10.3. The molecule has 1 N–H and O–H groups in total. The van der Waals surface area contributed by atoms with Gasteiger partial charge in [-0.2, -0.15) is 0 Å². The minimum atomic E-state index is -0.548. The summed E-state index contributed by atoms with van der Waals surface area (Å²) in [4.78, 5) is 32.3. The van der Waals surface area contributed by atoms with E-state index in [0.29, 0.717) is 16.8 Å². The Balaban J connectivity index is 2.68. The van der Waals surface area contributed by atoms with Crippen LogP contribution in [0.1, 0.15) is 58.8 Å². The summed E-state index contributed by atoms with van der Waals surface area (Å²) in [6, 6.07) is 9.26. The Morgan fingerprint density at radius 1 is 1.00 bits per heavy atom. The highest BCUT2D eigenvalue weighted by Gasteiger charge is 2.29. The first kappa shape index (κ1) is 23.4. The quantitative estimate of drug-likeness (QED) is 0.726. The van der Waals surface area contributed by atoms with Crippen molar-refractivity contribution in [3.05, 3.63) is 42.1 Å². The number of aromatic nitrogens is 1. The predicted molar refractivity (Wildman–Crippen MR) is 121 cm³/mol. The maximum Gasteiger partial charge on any atom is 0.260 e. The maximum absolute atomic E-state index is 13.6. The van der Waals surface area contributed by atoms with Gasteiger partial charge in [-0.15, -0.1) is 0 Å². The highest BCUT2D eigenvalue weighted by atomic mass is 16.5. The standard InChI is InChI=1S/C24H33N3O3/c1-15(2)27(16(3)4)22(28)20-18(13-14-25-21(20)30-8)17-11-9-10-12-19(17)26-23(29)24(5,6)7/h9-16H,1-8H3,(H,26,29). The predicted octanol–water partition coefficient (Wildman–Crippen LogP) is 5.00. The van der Waals surface area contributed by atoms with Crippen LogP contribution in [-0.2, 0) is 4.79 Å². The van der Waals surface area contributed by atoms with E-state index in [4.69, 9.17) is 4.74 Å². The molecular weight excluding hydrogens is 378 g/mol. The Kier molecular flexibility index (Phi) is 7.24. The number of amides is 2. The van der Waals surface area contributed by atoms with Crippen LogP contribution in [0.15, 0.2) is 36.5 Å². The van der Waals surface area contributed by atoms with Crippen molar-refractivity contribution in [2.45, 2.75) is 60.5 Å². The molecule has 2 rings (SSSR count). The Labute approximate surface area is 179 Å². The van der Waals surface area contributed by atoms with Crippen LogP contribution in [0.3, 0.4) is 0 Å². The van der Waals surface area contributed by atoms with Crippen molar-refractivity contribution < 1.29 is 14.3 Å². The minimum Gasteiger partial charge on any atom is -0.480 e. The molecular formula is C24H33N3O3. The molecule has 1 heterocycles. The van der Waals surface area contributed by atoms with Crippen molar-refractivity contribution in [2.24, 2.45) is 5.41 Å². The van der Waals surface area contributed by atoms with E-state index in [-0.39, 0.29) is 29.8 Å². The fourth-order valence-corrected chi connectivity index (χ4v) is 3.36. The summed E-state index contributed by atoms with van der Waals surface area (Å²) in [6.45, 7) is 13.5. The van der Waals surface area contributed by atoms with Gasteiger partial charge in [-0.3, -0.25) is 9.59 Å². The van der Waals surface area contributed by atoms with Gasteiger partial charge < -0.3 is 15.0 Å². The lowest BCUT2D eigenvalue weighted by atomic mass is 9.94. The number of ether oxygens (including phenoxy) is 1. The molecule has 0 aliphatic heterocycles. The molecule has 0 saturated carbocycles. The monoisotopic (exact) mass is 411 g/mol. The molecule has 0 atom stereocenters. The van der Waals surface area contributed by atoms with Crippen molar-refractivity contribution >= 4 is 17.5 Å². The number of rotatable bonds is 6. The first-order valence-electron chi connectivity index (χ1n) is 10.3. The number of anilines is 1. The molecule has 2 aromatic rings. The molecule has 0 aliphatic carbocycles. The van der Waals surface area contributed by atoms with Crippen molar-refractivity contribution in [1.82, 2.24) is 9.88 Å². The molecule has 0 saturated heterocycles. The molecule has 1 aromatic heterocycles. The van der Waals surface area contributed by atoms with Gasteiger partial charge in [0.1, 0.15) is 5.56 Å². The number of nitrogens with zero attached hydrogens (tertiary/aromatic N) is 2. The van der Waals surface area contributed by atoms with Crippen LogP contribution in [0.2, 0.25) is 0 Å². The molecule has 0 unspecified atom stereocenters. The zero-order valence-corrected chi connectivity index (χ0v) is 19.2. The molecule has 0 aliphatic rings. The fourth-order valence-electron chi connectivity index (χ4n) is 3.36. The van der Waals surface area contributed by atoms with Gasteiger partial charge in [0.15, 0.2) is 0 Å². The number of hydrogen-bond acceptors (Lipinski definition) is 4. The topological polar surface area (TPSA) is 71.5 Å². The van der Waals surface area contributed by atoms with E-state index in [9.17, 15) is 9.59 Å². The van der Waals surface area contributed by atoms with Gasteiger partial charge in [0.05, 0.1) is 7.11 Å². The smallest absolute Gasteiger partial charge is 0.260 e. The summed E-state index contributed by atoms with van der Waals surface area (Å²) in [5, 5.41) is 3.00. The molecule has 0 spiro atoms. The van der Waals surface area contributed by atoms with Gasteiger partial charge in [-0.25, -0.2) is 4.98 Å². The third-order valence-corrected chi connectivity index (χ3v) is 4.82. The van der Waals surface area contributed by atoms with Crippen LogP contribution < -0.4 is 10.1 Å². The normalized spacial score (nSPS) is 11.5. The van der Waals surface area contributed by atoms with E-state index >= 15 is 0 Å². The number of methoxy groups -OCH3 is 1. The maximum atomic E-state index is 13.6. The molecule has 30 heavy (non-hydrogen) atoms. The van der Waals surface area contributed by atoms with Gasteiger partial charge in [-0.1, -0.05) is 39.0 Å². The van der Waals surface area contributed by atoms with Gasteiger partial charge in [0.2, 0.25) is 11.8 Å². The molecule has 6 nitrogen and oxygen atoms in total. The van der Waals surface area contributed by atoms with E-state index in [0.717, 1.165) is 5.56 Å². The largest absolute Gasteiger partial charge is 0.480 e. The second-order valence-corrected chi connectivity index (χ2v) is 8.89. The zero-order valence-electron chi connectivity index (χ0n) is 19.2. The Bertz CT molecular complexity index is 906. The number of nitrogens with one attached hydrogen (secondary N) is 1. The summed E-state index contributed by atoms with van der Waals surface area (Å²) in [7, 11) is 1.51. The van der Waals surface area contributed by atoms with Crippen molar-refractivity contribution in [3.63, 3.8) is 0 Å². The second-order valence-electron chi connectivity index (χ2n) is 8.89. The lowest BCUT2D eigenvalue weighted by Crippen LogP contribution is -2.42. The zero-order chi connectivity index (χ0) is 22.6. The molecule has 6 heteroatoms. The van der Waals surface area contributed by atoms with Gasteiger partial charge in [0.25, 0.3) is 5.91 Å². The molecule has 0 bridgehead atoms. The van der Waals surface area contributed by atoms with Crippen LogP contribution in [0.5, 0.6) is 5.88 Å². The number of carbonyl (C=O) groups is 2. The Morgan fingerprint density at radius 3 is 2.13 bits per heavy atom. The van der Waals surface area contributed by atoms with Gasteiger partial charge >= 0.3 is 0 Å². The highest BCUT2D eigenvalue weighted by Crippen LogP contribution is 2.36. The van der Waals surface area contributed by atoms with Crippen LogP contribution in [0.4, 0.5) is 5.69 Å². The van der Waals surface area contributed by atoms with Crippen LogP contribution in [0, 0.1) is 5.41 Å². The van der Waals surface area contributed by atoms with E-state index in [2.05, 4.69) is 10.3 Å². The summed E-state index contributed by atoms with van der Waals surface area (Å²) in [5.41, 5.74) is 1.89. The van der Waals surface area contributed by atoms with Crippen LogP contribution >= 0.6 is 0 Å². The Hall–Kier alpha value is -2.89. The number of para-hydroxylation sites is 1. The Morgan fingerprint density at radius 2 is 1.60 bits per heavy atom. The number of pyridine rings is 1. The molecule has 0 fully saturated rings. The molecule has 0 radical (unpaired) electrons. The van der Waals surface area contributed by atoms with Crippen molar-refractivity contribution in [3.8, 4) is 17.0 Å². The van der Waals surface area contributed by atoms with Crippen molar-refractivity contribution in [2.75, 3.05) is 12.4 Å². The van der Waals surface area contributed by atoms with Crippen LogP contribution in [-0.4, -0.2) is 40.9 Å². The van der Waals surface area contributed by atoms with E-state index in [1.54, 1.807) is 17.2 Å². The lowest BCUT2D eigenvalue weighted by Gasteiger charge is -2.32.